The third-order valence-electron chi connectivity index (χ3n) is 1.26. The second-order valence-electron chi connectivity index (χ2n) is 1.85. The number of pyridine rings is 1. The quantitative estimate of drug-likeness (QED) is 0.425. The largest absolute Gasteiger partial charge is 1.00 e. The van der Waals surface area contributed by atoms with Crippen LogP contribution in [0.4, 0.5) is 0 Å². The number of hydrogen-bond acceptors (Lipinski definition) is 1. The number of nitrogens with zero attached hydrogens (tertiary/aromatic N) is 1. The highest BCUT2D eigenvalue weighted by Crippen LogP contribution is 2.01. The minimum atomic E-state index is 0. The molecule has 2 aromatic heterocycles. The normalized spacial score (nSPS) is 9.20. The molecule has 0 N–H and O–H groups in total. The lowest BCUT2D eigenvalue weighted by Crippen LogP contribution is -3.00. The number of aromatic nitrogens is 1. The van der Waals surface area contributed by atoms with Crippen LogP contribution in [0, 0.1) is 0 Å². The summed E-state index contributed by atoms with van der Waals surface area (Å²) in [6.07, 6.45) is 4.10. The summed E-state index contributed by atoms with van der Waals surface area (Å²) in [5, 5.41) is 2.08. The molecule has 0 aliphatic carbocycles. The SMILES string of the molecule is [Cl-].c1cc[n+]2ccsc2c1. The van der Waals surface area contributed by atoms with Crippen LogP contribution >= 0.6 is 11.3 Å². The van der Waals surface area contributed by atoms with Crippen molar-refractivity contribution in [2.24, 2.45) is 0 Å². The van der Waals surface area contributed by atoms with E-state index in [-0.39, 0.29) is 12.4 Å². The van der Waals surface area contributed by atoms with E-state index in [4.69, 9.17) is 0 Å². The monoisotopic (exact) mass is 171 g/mol. The molecule has 0 saturated heterocycles. The van der Waals surface area contributed by atoms with Gasteiger partial charge in [0, 0.05) is 12.1 Å². The first-order valence-electron chi connectivity index (χ1n) is 2.80. The molecular weight excluding hydrogens is 166 g/mol. The number of rotatable bonds is 0. The van der Waals surface area contributed by atoms with Crippen molar-refractivity contribution in [1.29, 1.82) is 0 Å². The minimum absolute atomic E-state index is 0. The van der Waals surface area contributed by atoms with Gasteiger partial charge in [0.2, 0.25) is 0 Å². The molecular formula is C7H6ClNS. The predicted molar refractivity (Wildman–Crippen MR) is 37.5 cm³/mol. The lowest BCUT2D eigenvalue weighted by molar-refractivity contribution is -0.507. The van der Waals surface area contributed by atoms with Crippen LogP contribution in [0.5, 0.6) is 0 Å². The number of hydrogen-bond donors (Lipinski definition) is 0. The Morgan fingerprint density at radius 1 is 1.20 bits per heavy atom. The highest BCUT2D eigenvalue weighted by atomic mass is 35.5. The summed E-state index contributed by atoms with van der Waals surface area (Å²) in [6.45, 7) is 0. The number of thiazole rings is 1. The molecule has 2 rings (SSSR count). The Morgan fingerprint density at radius 2 is 2.10 bits per heavy atom. The van der Waals surface area contributed by atoms with Crippen molar-refractivity contribution >= 4 is 16.2 Å². The van der Waals surface area contributed by atoms with E-state index in [9.17, 15) is 0 Å². The second kappa shape index (κ2) is 2.99. The Labute approximate surface area is 69.4 Å². The lowest BCUT2D eigenvalue weighted by atomic mass is 10.5. The van der Waals surface area contributed by atoms with Gasteiger partial charge < -0.3 is 12.4 Å². The van der Waals surface area contributed by atoms with Gasteiger partial charge in [0.25, 0.3) is 4.83 Å². The molecule has 0 spiro atoms. The standard InChI is InChI=1S/C7H6NS.ClH/c1-2-4-8-5-6-9-7(8)3-1;/h1-6H;1H/q+1;/p-1. The summed E-state index contributed by atoms with van der Waals surface area (Å²) in [5.41, 5.74) is 0. The van der Waals surface area contributed by atoms with Crippen LogP contribution in [-0.2, 0) is 0 Å². The van der Waals surface area contributed by atoms with Crippen LogP contribution in [0.2, 0.25) is 0 Å². The topological polar surface area (TPSA) is 4.10 Å². The Balaban J connectivity index is 0.000000500. The lowest BCUT2D eigenvalue weighted by Gasteiger charge is -1.75. The van der Waals surface area contributed by atoms with Crippen LogP contribution in [0.3, 0.4) is 0 Å². The average molecular weight is 172 g/mol. The third kappa shape index (κ3) is 1.13. The van der Waals surface area contributed by atoms with E-state index < -0.39 is 0 Å². The van der Waals surface area contributed by atoms with Gasteiger partial charge in [-0.25, -0.2) is 0 Å². The summed E-state index contributed by atoms with van der Waals surface area (Å²) >= 11 is 1.75. The van der Waals surface area contributed by atoms with Crippen LogP contribution in [0.25, 0.3) is 4.83 Å². The molecule has 0 radical (unpaired) electrons. The fraction of sp³-hybridized carbons (Fsp3) is 0. The van der Waals surface area contributed by atoms with Gasteiger partial charge in [-0.3, -0.25) is 0 Å². The van der Waals surface area contributed by atoms with Gasteiger partial charge in [0.05, 0.1) is 5.38 Å². The van der Waals surface area contributed by atoms with Crippen molar-refractivity contribution < 1.29 is 16.8 Å². The highest BCUT2D eigenvalue weighted by molar-refractivity contribution is 7.14. The third-order valence-corrected chi connectivity index (χ3v) is 2.11. The summed E-state index contributed by atoms with van der Waals surface area (Å²) in [7, 11) is 0. The van der Waals surface area contributed by atoms with Gasteiger partial charge in [-0.2, -0.15) is 4.40 Å². The Hall–Kier alpha value is -0.600. The molecule has 0 amide bonds. The Morgan fingerprint density at radius 3 is 2.90 bits per heavy atom. The molecule has 2 heterocycles. The fourth-order valence-electron chi connectivity index (χ4n) is 0.829. The molecule has 0 aliphatic heterocycles. The molecule has 0 bridgehead atoms. The Kier molecular flexibility index (Phi) is 2.25. The molecule has 10 heavy (non-hydrogen) atoms. The minimum Gasteiger partial charge on any atom is -1.00 e. The maximum Gasteiger partial charge on any atom is 0.266 e. The molecule has 0 aliphatic rings. The van der Waals surface area contributed by atoms with Crippen molar-refractivity contribution in [2.45, 2.75) is 0 Å². The van der Waals surface area contributed by atoms with Crippen molar-refractivity contribution in [3.05, 3.63) is 36.0 Å². The maximum absolute atomic E-state index is 2.10. The van der Waals surface area contributed by atoms with Crippen molar-refractivity contribution in [2.75, 3.05) is 0 Å². The Bertz CT molecular complexity index is 288. The van der Waals surface area contributed by atoms with Gasteiger partial charge in [-0.05, 0) is 6.07 Å². The molecule has 2 aromatic rings. The predicted octanol–water partition coefficient (Wildman–Crippen LogP) is -1.51. The molecule has 3 heteroatoms. The van der Waals surface area contributed by atoms with Crippen LogP contribution in [-0.4, -0.2) is 0 Å². The van der Waals surface area contributed by atoms with Gasteiger partial charge in [-0.15, -0.1) is 0 Å². The summed E-state index contributed by atoms with van der Waals surface area (Å²) < 4.78 is 2.10. The zero-order valence-electron chi connectivity index (χ0n) is 5.20. The first-order chi connectivity index (χ1) is 4.47. The highest BCUT2D eigenvalue weighted by Gasteiger charge is 1.97. The smallest absolute Gasteiger partial charge is 0.266 e. The molecule has 0 unspecified atom stereocenters. The number of halogens is 1. The van der Waals surface area contributed by atoms with Crippen molar-refractivity contribution in [3.8, 4) is 0 Å². The maximum atomic E-state index is 2.10. The zero-order chi connectivity index (χ0) is 6.10. The van der Waals surface area contributed by atoms with Gasteiger partial charge in [0.15, 0.2) is 12.4 Å². The molecule has 0 atom stereocenters. The molecule has 1 nitrogen and oxygen atoms in total. The van der Waals surface area contributed by atoms with E-state index in [1.165, 1.54) is 4.83 Å². The molecule has 0 saturated carbocycles. The van der Waals surface area contributed by atoms with E-state index in [0.29, 0.717) is 0 Å². The summed E-state index contributed by atoms with van der Waals surface area (Å²) in [5.74, 6) is 0. The van der Waals surface area contributed by atoms with Crippen LogP contribution in [0.1, 0.15) is 0 Å². The summed E-state index contributed by atoms with van der Waals surface area (Å²) in [4.78, 5) is 1.29. The van der Waals surface area contributed by atoms with Gasteiger partial charge in [-0.1, -0.05) is 11.3 Å². The first-order valence-corrected chi connectivity index (χ1v) is 3.68. The van der Waals surface area contributed by atoms with Crippen molar-refractivity contribution in [3.63, 3.8) is 0 Å². The van der Waals surface area contributed by atoms with E-state index in [1.807, 2.05) is 18.3 Å². The van der Waals surface area contributed by atoms with Crippen LogP contribution < -0.4 is 16.8 Å². The first kappa shape index (κ1) is 7.51. The van der Waals surface area contributed by atoms with Crippen LogP contribution in [0.15, 0.2) is 36.0 Å². The van der Waals surface area contributed by atoms with E-state index >= 15 is 0 Å². The van der Waals surface area contributed by atoms with E-state index in [2.05, 4.69) is 22.0 Å². The fourth-order valence-corrected chi connectivity index (χ4v) is 1.56. The molecule has 52 valence electrons. The van der Waals surface area contributed by atoms with Gasteiger partial charge in [0.1, 0.15) is 0 Å². The van der Waals surface area contributed by atoms with Crippen molar-refractivity contribution in [1.82, 2.24) is 0 Å². The van der Waals surface area contributed by atoms with E-state index in [1.54, 1.807) is 11.3 Å². The zero-order valence-corrected chi connectivity index (χ0v) is 6.77. The second-order valence-corrected chi connectivity index (χ2v) is 2.78. The summed E-state index contributed by atoms with van der Waals surface area (Å²) in [6, 6.07) is 6.18. The number of fused-ring (bicyclic) bond motifs is 1. The molecule has 0 aromatic carbocycles. The van der Waals surface area contributed by atoms with Gasteiger partial charge >= 0.3 is 0 Å². The van der Waals surface area contributed by atoms with E-state index in [0.717, 1.165) is 0 Å². The average Bonchev–Trinajstić information content (AvgIpc) is 2.33. The molecule has 0 fully saturated rings.